The molecule has 0 saturated heterocycles. The van der Waals surface area contributed by atoms with Crippen LogP contribution in [0, 0.1) is 11.8 Å². The number of rotatable bonds is 2. The quantitative estimate of drug-likeness (QED) is 0.620. The number of aliphatic hydroxyl groups is 2. The summed E-state index contributed by atoms with van der Waals surface area (Å²) < 4.78 is 0. The van der Waals surface area contributed by atoms with Crippen molar-refractivity contribution in [2.24, 2.45) is 11.8 Å². The number of fused-ring (bicyclic) bond motifs is 2. The van der Waals surface area contributed by atoms with Crippen LogP contribution in [-0.4, -0.2) is 27.8 Å². The first-order valence-electron chi connectivity index (χ1n) is 9.69. The number of ketones is 1. The predicted octanol–water partition coefficient (Wildman–Crippen LogP) is 1.65. The van der Waals surface area contributed by atoms with E-state index in [1.54, 1.807) is 48.5 Å². The van der Waals surface area contributed by atoms with Gasteiger partial charge in [0.1, 0.15) is 5.78 Å². The van der Waals surface area contributed by atoms with Crippen molar-refractivity contribution in [3.05, 3.63) is 59.7 Å². The average Bonchev–Trinajstić information content (AvgIpc) is 3.14. The Morgan fingerprint density at radius 3 is 1.59 bits per heavy atom. The van der Waals surface area contributed by atoms with Gasteiger partial charge in [0.05, 0.1) is 11.8 Å². The molecule has 7 nitrogen and oxygen atoms in total. The number of Topliss-reactive ketones (excluding diaryl/α,β-unsaturated/α-hetero) is 1. The molecule has 5 rings (SSSR count). The topological polar surface area (TPSA) is 116 Å². The summed E-state index contributed by atoms with van der Waals surface area (Å²) in [6.45, 7) is 0. The minimum atomic E-state index is -2.02. The first kappa shape index (κ1) is 18.0. The smallest absolute Gasteiger partial charge is 0.261 e. The lowest BCUT2D eigenvalue weighted by Gasteiger charge is -2.40. The summed E-state index contributed by atoms with van der Waals surface area (Å²) in [5.41, 5.74) is -2.39. The van der Waals surface area contributed by atoms with Gasteiger partial charge in [-0.15, -0.1) is 0 Å². The van der Waals surface area contributed by atoms with Crippen molar-refractivity contribution in [3.63, 3.8) is 0 Å². The van der Waals surface area contributed by atoms with Crippen LogP contribution >= 0.6 is 0 Å². The third-order valence-corrected chi connectivity index (χ3v) is 6.55. The van der Waals surface area contributed by atoms with Gasteiger partial charge in [0.15, 0.2) is 11.2 Å². The first-order valence-corrected chi connectivity index (χ1v) is 9.69. The number of anilines is 2. The largest absolute Gasteiger partial charge is 0.375 e. The maximum absolute atomic E-state index is 13.5. The summed E-state index contributed by atoms with van der Waals surface area (Å²) in [6.07, 6.45) is 1.09. The Bertz CT molecular complexity index is 985. The number of para-hydroxylation sites is 2. The fourth-order valence-electron chi connectivity index (χ4n) is 5.10. The molecule has 0 radical (unpaired) electrons. The summed E-state index contributed by atoms with van der Waals surface area (Å²) in [5.74, 6) is -3.87. The molecule has 148 valence electrons. The van der Waals surface area contributed by atoms with Crippen LogP contribution in [-0.2, 0) is 25.6 Å². The zero-order valence-corrected chi connectivity index (χ0v) is 15.5. The maximum Gasteiger partial charge on any atom is 0.261 e. The van der Waals surface area contributed by atoms with Crippen molar-refractivity contribution in [3.8, 4) is 0 Å². The van der Waals surface area contributed by atoms with E-state index in [2.05, 4.69) is 10.6 Å². The zero-order valence-electron chi connectivity index (χ0n) is 15.5. The van der Waals surface area contributed by atoms with Gasteiger partial charge in [-0.2, -0.15) is 0 Å². The highest BCUT2D eigenvalue weighted by molar-refractivity contribution is 6.11. The molecule has 1 fully saturated rings. The molecule has 7 heteroatoms. The van der Waals surface area contributed by atoms with E-state index in [9.17, 15) is 24.6 Å². The Kier molecular flexibility index (Phi) is 3.72. The number of carbonyl (C=O) groups is 3. The molecule has 0 unspecified atom stereocenters. The fraction of sp³-hybridized carbons (Fsp3) is 0.318. The van der Waals surface area contributed by atoms with Crippen LogP contribution < -0.4 is 10.6 Å². The fourth-order valence-corrected chi connectivity index (χ4v) is 5.10. The van der Waals surface area contributed by atoms with E-state index >= 15 is 0 Å². The lowest BCUT2D eigenvalue weighted by Crippen LogP contribution is -2.54. The summed E-state index contributed by atoms with van der Waals surface area (Å²) >= 11 is 0. The molecule has 0 aromatic heterocycles. The molecule has 2 heterocycles. The molecule has 2 aromatic carbocycles. The van der Waals surface area contributed by atoms with E-state index in [1.165, 1.54) is 0 Å². The first-order chi connectivity index (χ1) is 13.9. The van der Waals surface area contributed by atoms with Gasteiger partial charge in [0, 0.05) is 22.5 Å². The maximum atomic E-state index is 13.5. The molecule has 2 amide bonds. The third kappa shape index (κ3) is 2.22. The molecular weight excluding hydrogens is 372 g/mol. The number of nitrogens with one attached hydrogen (secondary N) is 2. The average molecular weight is 392 g/mol. The Labute approximate surface area is 166 Å². The van der Waals surface area contributed by atoms with Crippen LogP contribution in [0.5, 0.6) is 0 Å². The van der Waals surface area contributed by atoms with Crippen molar-refractivity contribution < 1.29 is 24.6 Å². The van der Waals surface area contributed by atoms with Crippen LogP contribution in [0.3, 0.4) is 0 Å². The van der Waals surface area contributed by atoms with Crippen LogP contribution in [0.15, 0.2) is 48.5 Å². The Morgan fingerprint density at radius 1 is 0.724 bits per heavy atom. The SMILES string of the molecule is O=C1[C@H]([C@@]2(O)C(=O)Nc3ccccc32)CCC[C@H]1[C@]1(O)C(=O)Nc2ccccc21. The molecule has 0 bridgehead atoms. The molecule has 3 aliphatic rings. The van der Waals surface area contributed by atoms with Crippen molar-refractivity contribution in [2.75, 3.05) is 10.6 Å². The Hall–Kier alpha value is -3.03. The highest BCUT2D eigenvalue weighted by Gasteiger charge is 2.61. The molecule has 1 aliphatic carbocycles. The van der Waals surface area contributed by atoms with Crippen LogP contribution in [0.1, 0.15) is 30.4 Å². The highest BCUT2D eigenvalue weighted by atomic mass is 16.3. The molecule has 29 heavy (non-hydrogen) atoms. The van der Waals surface area contributed by atoms with E-state index < -0.39 is 40.6 Å². The molecule has 2 aromatic rings. The second-order valence-corrected chi connectivity index (χ2v) is 7.97. The minimum Gasteiger partial charge on any atom is -0.375 e. The van der Waals surface area contributed by atoms with E-state index in [1.807, 2.05) is 0 Å². The van der Waals surface area contributed by atoms with E-state index in [-0.39, 0.29) is 0 Å². The second-order valence-electron chi connectivity index (χ2n) is 7.97. The third-order valence-electron chi connectivity index (χ3n) is 6.55. The van der Waals surface area contributed by atoms with Crippen LogP contribution in [0.25, 0.3) is 0 Å². The number of carbonyl (C=O) groups excluding carboxylic acids is 3. The number of amides is 2. The Balaban J connectivity index is 1.58. The van der Waals surface area contributed by atoms with Gasteiger partial charge in [0.2, 0.25) is 0 Å². The normalized spacial score (nSPS) is 33.1. The molecule has 1 saturated carbocycles. The number of hydrogen-bond donors (Lipinski definition) is 4. The van der Waals surface area contributed by atoms with Crippen molar-refractivity contribution in [1.82, 2.24) is 0 Å². The minimum absolute atomic E-state index is 0.299. The highest BCUT2D eigenvalue weighted by Crippen LogP contribution is 2.51. The van der Waals surface area contributed by atoms with Gasteiger partial charge in [0.25, 0.3) is 11.8 Å². The van der Waals surface area contributed by atoms with Crippen molar-refractivity contribution in [2.45, 2.75) is 30.5 Å². The predicted molar refractivity (Wildman–Crippen MR) is 104 cm³/mol. The molecule has 2 aliphatic heterocycles. The summed E-state index contributed by atoms with van der Waals surface area (Å²) in [5, 5.41) is 28.1. The van der Waals surface area contributed by atoms with Crippen LogP contribution in [0.2, 0.25) is 0 Å². The van der Waals surface area contributed by atoms with Gasteiger partial charge in [-0.1, -0.05) is 42.8 Å². The lowest BCUT2D eigenvalue weighted by molar-refractivity contribution is -0.164. The van der Waals surface area contributed by atoms with Crippen LogP contribution in [0.4, 0.5) is 11.4 Å². The van der Waals surface area contributed by atoms with E-state index in [0.29, 0.717) is 41.8 Å². The van der Waals surface area contributed by atoms with Gasteiger partial charge < -0.3 is 20.8 Å². The number of hydrogen-bond acceptors (Lipinski definition) is 5. The van der Waals surface area contributed by atoms with E-state index in [4.69, 9.17) is 0 Å². The lowest BCUT2D eigenvalue weighted by atomic mass is 9.64. The van der Waals surface area contributed by atoms with Crippen molar-refractivity contribution >= 4 is 29.0 Å². The zero-order chi connectivity index (χ0) is 20.4. The van der Waals surface area contributed by atoms with Gasteiger partial charge in [-0.25, -0.2) is 0 Å². The monoisotopic (exact) mass is 392 g/mol. The summed E-state index contributed by atoms with van der Waals surface area (Å²) in [6, 6.07) is 13.4. The summed E-state index contributed by atoms with van der Waals surface area (Å²) in [4.78, 5) is 39.0. The van der Waals surface area contributed by atoms with Crippen molar-refractivity contribution in [1.29, 1.82) is 0 Å². The molecule has 0 spiro atoms. The summed E-state index contributed by atoms with van der Waals surface area (Å²) in [7, 11) is 0. The molecule has 4 atom stereocenters. The molecule has 4 N–H and O–H groups in total. The Morgan fingerprint density at radius 2 is 1.14 bits per heavy atom. The van der Waals surface area contributed by atoms with Gasteiger partial charge >= 0.3 is 0 Å². The second kappa shape index (κ2) is 5.98. The number of benzene rings is 2. The standard InChI is InChI=1S/C22H20N2O5/c25-18-14(21(28)12-6-1-3-10-16(12)23-19(21)26)8-5-9-15(18)22(29)13-7-2-4-11-17(13)24-20(22)27/h1-4,6-7,10-11,14-15,28-29H,5,8-9H2,(H,23,26)(H,24,27)/t14-,15-,21-,22+/m1/s1. The van der Waals surface area contributed by atoms with Gasteiger partial charge in [-0.3, -0.25) is 14.4 Å². The van der Waals surface area contributed by atoms with E-state index in [0.717, 1.165) is 0 Å². The van der Waals surface area contributed by atoms with Gasteiger partial charge in [-0.05, 0) is 25.0 Å². The molecular formula is C22H20N2O5.